The van der Waals surface area contributed by atoms with E-state index in [1.807, 2.05) is 0 Å². The van der Waals surface area contributed by atoms with Gasteiger partial charge in [-0.05, 0) is 12.8 Å². The molecular weight excluding hydrogens is 228 g/mol. The third kappa shape index (κ3) is 1.64. The summed E-state index contributed by atoms with van der Waals surface area (Å²) < 4.78 is 18.4. The van der Waals surface area contributed by atoms with Crippen LogP contribution in [0.25, 0.3) is 0 Å². The van der Waals surface area contributed by atoms with Crippen LogP contribution in [0.5, 0.6) is 0 Å². The van der Waals surface area contributed by atoms with Crippen LogP contribution in [0.3, 0.4) is 0 Å². The average molecular weight is 252 g/mol. The van der Waals surface area contributed by atoms with Crippen molar-refractivity contribution < 1.29 is 14.2 Å². The standard InChI is InChI=1S/C15H24O3/c1-11-8-14(4)12(18-11)6-5-7-15(14)16-9-13(2,3)10-17-15/h12H,1,5-10H2,2-4H3/t12-,14+/m0/s1. The number of allylic oxidation sites excluding steroid dienone is 1. The molecule has 1 spiro atoms. The fraction of sp³-hybridized carbons (Fsp3) is 0.867. The summed E-state index contributed by atoms with van der Waals surface area (Å²) in [5, 5.41) is 0. The summed E-state index contributed by atoms with van der Waals surface area (Å²) in [7, 11) is 0. The van der Waals surface area contributed by atoms with Crippen LogP contribution in [0, 0.1) is 10.8 Å². The smallest absolute Gasteiger partial charge is 0.177 e. The van der Waals surface area contributed by atoms with Gasteiger partial charge < -0.3 is 14.2 Å². The first-order valence-electron chi connectivity index (χ1n) is 6.99. The van der Waals surface area contributed by atoms with E-state index in [-0.39, 0.29) is 16.9 Å². The van der Waals surface area contributed by atoms with Crippen molar-refractivity contribution in [2.75, 3.05) is 13.2 Å². The van der Waals surface area contributed by atoms with Gasteiger partial charge in [-0.3, -0.25) is 0 Å². The quantitative estimate of drug-likeness (QED) is 0.662. The van der Waals surface area contributed by atoms with Gasteiger partial charge in [0.1, 0.15) is 6.10 Å². The molecule has 3 fully saturated rings. The predicted octanol–water partition coefficient (Wildman–Crippen LogP) is 3.25. The van der Waals surface area contributed by atoms with Crippen LogP contribution in [-0.2, 0) is 14.2 Å². The molecule has 2 aliphatic heterocycles. The van der Waals surface area contributed by atoms with Crippen molar-refractivity contribution in [1.82, 2.24) is 0 Å². The average Bonchev–Trinajstić information content (AvgIpc) is 2.59. The monoisotopic (exact) mass is 252 g/mol. The number of rotatable bonds is 0. The highest BCUT2D eigenvalue weighted by atomic mass is 16.7. The van der Waals surface area contributed by atoms with Gasteiger partial charge in [0.2, 0.25) is 0 Å². The maximum absolute atomic E-state index is 6.24. The summed E-state index contributed by atoms with van der Waals surface area (Å²) in [6.45, 7) is 12.1. The summed E-state index contributed by atoms with van der Waals surface area (Å²) in [6.07, 6.45) is 4.24. The number of hydrogen-bond acceptors (Lipinski definition) is 3. The van der Waals surface area contributed by atoms with E-state index in [1.165, 1.54) is 0 Å². The van der Waals surface area contributed by atoms with E-state index in [0.29, 0.717) is 0 Å². The molecule has 3 heteroatoms. The second-order valence-electron chi connectivity index (χ2n) is 7.13. The summed E-state index contributed by atoms with van der Waals surface area (Å²) in [6, 6.07) is 0. The molecule has 0 bridgehead atoms. The van der Waals surface area contributed by atoms with Crippen LogP contribution in [-0.4, -0.2) is 25.1 Å². The zero-order valence-electron chi connectivity index (χ0n) is 11.8. The van der Waals surface area contributed by atoms with Crippen LogP contribution >= 0.6 is 0 Å². The first-order chi connectivity index (χ1) is 8.37. The highest BCUT2D eigenvalue weighted by molar-refractivity contribution is 5.12. The van der Waals surface area contributed by atoms with Gasteiger partial charge in [0, 0.05) is 18.3 Å². The number of hydrogen-bond donors (Lipinski definition) is 0. The van der Waals surface area contributed by atoms with Crippen molar-refractivity contribution in [3.05, 3.63) is 12.3 Å². The lowest BCUT2D eigenvalue weighted by molar-refractivity contribution is -0.362. The minimum atomic E-state index is -0.453. The Hall–Kier alpha value is -0.540. The first-order valence-corrected chi connectivity index (χ1v) is 6.99. The second-order valence-corrected chi connectivity index (χ2v) is 7.13. The lowest BCUT2D eigenvalue weighted by Crippen LogP contribution is -2.61. The molecule has 0 aromatic heterocycles. The van der Waals surface area contributed by atoms with Crippen molar-refractivity contribution in [3.63, 3.8) is 0 Å². The minimum Gasteiger partial charge on any atom is -0.495 e. The summed E-state index contributed by atoms with van der Waals surface area (Å²) in [5.41, 5.74) is 0.0455. The molecule has 3 aliphatic rings. The number of fused-ring (bicyclic) bond motifs is 2. The SMILES string of the molecule is C=C1C[C@]2(C)[C@H](CCCC23OCC(C)(C)CO3)O1. The minimum absolute atomic E-state index is 0.0706. The third-order valence-corrected chi connectivity index (χ3v) is 4.82. The molecule has 2 atom stereocenters. The van der Waals surface area contributed by atoms with Crippen molar-refractivity contribution in [2.45, 2.75) is 58.3 Å². The molecule has 1 aliphatic carbocycles. The van der Waals surface area contributed by atoms with Gasteiger partial charge in [0.25, 0.3) is 0 Å². The Labute approximate surface area is 109 Å². The van der Waals surface area contributed by atoms with Crippen molar-refractivity contribution in [1.29, 1.82) is 0 Å². The first kappa shape index (κ1) is 12.5. The van der Waals surface area contributed by atoms with Gasteiger partial charge in [-0.1, -0.05) is 27.4 Å². The van der Waals surface area contributed by atoms with E-state index in [4.69, 9.17) is 14.2 Å². The molecule has 3 rings (SSSR count). The Morgan fingerprint density at radius 1 is 1.17 bits per heavy atom. The zero-order chi connectivity index (χ0) is 13.0. The van der Waals surface area contributed by atoms with Gasteiger partial charge in [0.15, 0.2) is 5.79 Å². The fourth-order valence-electron chi connectivity index (χ4n) is 3.64. The van der Waals surface area contributed by atoms with E-state index >= 15 is 0 Å². The Balaban J connectivity index is 1.89. The molecular formula is C15H24O3. The largest absolute Gasteiger partial charge is 0.495 e. The highest BCUT2D eigenvalue weighted by Gasteiger charge is 2.62. The van der Waals surface area contributed by atoms with Gasteiger partial charge in [-0.2, -0.15) is 0 Å². The molecule has 3 nitrogen and oxygen atoms in total. The van der Waals surface area contributed by atoms with E-state index in [0.717, 1.165) is 44.7 Å². The van der Waals surface area contributed by atoms with Gasteiger partial charge in [-0.25, -0.2) is 0 Å². The maximum Gasteiger partial charge on any atom is 0.177 e. The van der Waals surface area contributed by atoms with Crippen LogP contribution < -0.4 is 0 Å². The third-order valence-electron chi connectivity index (χ3n) is 4.82. The van der Waals surface area contributed by atoms with Crippen LogP contribution in [0.2, 0.25) is 0 Å². The molecule has 0 amide bonds. The van der Waals surface area contributed by atoms with Gasteiger partial charge >= 0.3 is 0 Å². The summed E-state index contributed by atoms with van der Waals surface area (Å²) >= 11 is 0. The maximum atomic E-state index is 6.24. The molecule has 0 aromatic carbocycles. The lowest BCUT2D eigenvalue weighted by Gasteiger charge is -2.54. The summed E-state index contributed by atoms with van der Waals surface area (Å²) in [4.78, 5) is 0. The molecule has 2 heterocycles. The Kier molecular flexibility index (Phi) is 2.59. The molecule has 102 valence electrons. The predicted molar refractivity (Wildman–Crippen MR) is 69.0 cm³/mol. The van der Waals surface area contributed by atoms with Crippen molar-refractivity contribution >= 4 is 0 Å². The van der Waals surface area contributed by atoms with Crippen LogP contribution in [0.15, 0.2) is 12.3 Å². The molecule has 2 saturated heterocycles. The molecule has 0 N–H and O–H groups in total. The van der Waals surface area contributed by atoms with Crippen molar-refractivity contribution in [3.8, 4) is 0 Å². The normalized spacial score (nSPS) is 41.5. The lowest BCUT2D eigenvalue weighted by atomic mass is 9.67. The highest BCUT2D eigenvalue weighted by Crippen LogP contribution is 2.57. The fourth-order valence-corrected chi connectivity index (χ4v) is 3.64. The Bertz CT molecular complexity index is 364. The van der Waals surface area contributed by atoms with Crippen molar-refractivity contribution in [2.24, 2.45) is 10.8 Å². The van der Waals surface area contributed by atoms with E-state index in [2.05, 4.69) is 27.4 Å². The zero-order valence-corrected chi connectivity index (χ0v) is 11.8. The van der Waals surface area contributed by atoms with E-state index < -0.39 is 5.79 Å². The topological polar surface area (TPSA) is 27.7 Å². The van der Waals surface area contributed by atoms with E-state index in [1.54, 1.807) is 0 Å². The molecule has 18 heavy (non-hydrogen) atoms. The molecule has 1 saturated carbocycles. The van der Waals surface area contributed by atoms with E-state index in [9.17, 15) is 0 Å². The molecule has 0 radical (unpaired) electrons. The number of ether oxygens (including phenoxy) is 3. The molecule has 0 unspecified atom stereocenters. The van der Waals surface area contributed by atoms with Gasteiger partial charge in [-0.15, -0.1) is 0 Å². The molecule has 0 aromatic rings. The Morgan fingerprint density at radius 3 is 2.50 bits per heavy atom. The van der Waals surface area contributed by atoms with Crippen LogP contribution in [0.1, 0.15) is 46.5 Å². The van der Waals surface area contributed by atoms with Gasteiger partial charge in [0.05, 0.1) is 24.4 Å². The second kappa shape index (κ2) is 3.73. The summed E-state index contributed by atoms with van der Waals surface area (Å²) in [5.74, 6) is 0.436. The van der Waals surface area contributed by atoms with Crippen LogP contribution in [0.4, 0.5) is 0 Å². The Morgan fingerprint density at radius 2 is 1.83 bits per heavy atom.